The second kappa shape index (κ2) is 21.2. The molecule has 0 aromatic heterocycles. The molecule has 0 spiro atoms. The number of unbranched alkanes of at least 4 members (excludes halogenated alkanes) is 6. The summed E-state index contributed by atoms with van der Waals surface area (Å²) in [6.07, 6.45) is 8.85. The molecule has 5 heteroatoms. The fourth-order valence-electron chi connectivity index (χ4n) is 2.04. The molecule has 5 nitrogen and oxygen atoms in total. The highest BCUT2D eigenvalue weighted by Gasteiger charge is 1.94. The first kappa shape index (κ1) is 26.4. The van der Waals surface area contributed by atoms with Crippen LogP contribution >= 0.6 is 0 Å². The van der Waals surface area contributed by atoms with Crippen molar-refractivity contribution in [1.82, 2.24) is 0 Å². The quantitative estimate of drug-likeness (QED) is 0.586. The maximum atomic E-state index is 9.96. The predicted octanol–water partition coefficient (Wildman–Crippen LogP) is 3.18. The van der Waals surface area contributed by atoms with Crippen molar-refractivity contribution in [3.63, 3.8) is 0 Å². The molecule has 1 aromatic rings. The molecule has 1 aromatic carbocycles. The Balaban J connectivity index is 0. The second-order valence-electron chi connectivity index (χ2n) is 6.12. The van der Waals surface area contributed by atoms with E-state index >= 15 is 0 Å². The topological polar surface area (TPSA) is 105 Å². The van der Waals surface area contributed by atoms with Gasteiger partial charge in [-0.1, -0.05) is 82.7 Å². The second-order valence-corrected chi connectivity index (χ2v) is 6.12. The molecule has 0 radical (unpaired) electrons. The Bertz CT molecular complexity index is 413. The minimum absolute atomic E-state index is 0.222. The van der Waals surface area contributed by atoms with Crippen LogP contribution < -0.4 is 10.8 Å². The van der Waals surface area contributed by atoms with Gasteiger partial charge in [0, 0.05) is 18.0 Å². The molecule has 0 atom stereocenters. The maximum absolute atomic E-state index is 9.96. The lowest BCUT2D eigenvalue weighted by atomic mass is 10.2. The molecule has 0 heterocycles. The van der Waals surface area contributed by atoms with Gasteiger partial charge in [-0.2, -0.15) is 0 Å². The first-order valence-corrected chi connectivity index (χ1v) is 9.72. The molecule has 0 saturated heterocycles. The minimum Gasteiger partial charge on any atom is -0.550 e. The Morgan fingerprint density at radius 2 is 1.38 bits per heavy atom. The number of hydrogen-bond donors (Lipinski definition) is 2. The van der Waals surface area contributed by atoms with Gasteiger partial charge in [-0.05, 0) is 19.3 Å². The van der Waals surface area contributed by atoms with Crippen molar-refractivity contribution < 1.29 is 25.5 Å². The molecule has 26 heavy (non-hydrogen) atoms. The minimum atomic E-state index is -0.925. The molecular weight excluding hydrogens is 330 g/mol. The van der Waals surface area contributed by atoms with E-state index in [1.807, 2.05) is 18.2 Å². The maximum Gasteiger partial charge on any atom is 0.303 e. The van der Waals surface area contributed by atoms with Crippen LogP contribution in [0.1, 0.15) is 83.6 Å². The Morgan fingerprint density at radius 1 is 0.885 bits per heavy atom. The molecule has 0 aliphatic carbocycles. The van der Waals surface area contributed by atoms with Gasteiger partial charge in [-0.3, -0.25) is 4.79 Å². The van der Waals surface area contributed by atoms with Gasteiger partial charge in [0.25, 0.3) is 0 Å². The van der Waals surface area contributed by atoms with E-state index in [0.717, 1.165) is 51.5 Å². The standard InChI is InChI=1S/C7H9N.2C7H14O2/c8-6-7-4-2-1-3-5-7;2*1-2-3-4-5-6-7(8)9/h1-5H,6,8H2;2*2-6H2,1H3,(H,8,9). The van der Waals surface area contributed by atoms with Crippen molar-refractivity contribution >= 4 is 11.9 Å². The molecule has 0 bridgehead atoms. The summed E-state index contributed by atoms with van der Waals surface area (Å²) in [7, 11) is 0. The van der Waals surface area contributed by atoms with Crippen molar-refractivity contribution in [2.24, 2.45) is 0 Å². The van der Waals surface area contributed by atoms with Gasteiger partial charge >= 0.3 is 5.97 Å². The van der Waals surface area contributed by atoms with Crippen LogP contribution in [0.2, 0.25) is 0 Å². The van der Waals surface area contributed by atoms with Crippen LogP contribution in [0.25, 0.3) is 0 Å². The zero-order valence-corrected chi connectivity index (χ0v) is 16.5. The molecule has 4 N–H and O–H groups in total. The summed E-state index contributed by atoms with van der Waals surface area (Å²) >= 11 is 0. The van der Waals surface area contributed by atoms with Gasteiger partial charge < -0.3 is 20.7 Å². The molecule has 150 valence electrons. The summed E-state index contributed by atoms with van der Waals surface area (Å²) in [5.41, 5.74) is 5.05. The largest absolute Gasteiger partial charge is 0.550 e. The van der Waals surface area contributed by atoms with Crippen molar-refractivity contribution in [1.29, 1.82) is 0 Å². The predicted molar refractivity (Wildman–Crippen MR) is 103 cm³/mol. The first-order valence-electron chi connectivity index (χ1n) is 9.72. The summed E-state index contributed by atoms with van der Waals surface area (Å²) in [5, 5.41) is 18.1. The van der Waals surface area contributed by atoms with Gasteiger partial charge in [-0.25, -0.2) is 0 Å². The molecule has 0 aliphatic rings. The molecule has 0 fully saturated rings. The number of carbonyl (C=O) groups is 2. The van der Waals surface area contributed by atoms with Crippen LogP contribution in [0.3, 0.4) is 0 Å². The van der Waals surface area contributed by atoms with E-state index in [1.54, 1.807) is 0 Å². The van der Waals surface area contributed by atoms with Gasteiger partial charge in [0.2, 0.25) is 0 Å². The van der Waals surface area contributed by atoms with E-state index in [0.29, 0.717) is 6.42 Å². The monoisotopic (exact) mass is 367 g/mol. The number of hydrogen-bond acceptors (Lipinski definition) is 3. The average molecular weight is 368 g/mol. The normalized spacial score (nSPS) is 9.35. The van der Waals surface area contributed by atoms with Crippen molar-refractivity contribution in [2.45, 2.75) is 84.6 Å². The molecule has 0 amide bonds. The first-order chi connectivity index (χ1) is 12.5. The van der Waals surface area contributed by atoms with Gasteiger partial charge in [0.05, 0.1) is 6.54 Å². The number of aliphatic carboxylic acids is 2. The third-order valence-electron chi connectivity index (χ3n) is 3.61. The Morgan fingerprint density at radius 3 is 1.73 bits per heavy atom. The summed E-state index contributed by atoms with van der Waals surface area (Å²) in [4.78, 5) is 19.8. The molecule has 0 saturated carbocycles. The van der Waals surface area contributed by atoms with E-state index in [4.69, 9.17) is 5.11 Å². The highest BCUT2D eigenvalue weighted by molar-refractivity contribution is 5.66. The van der Waals surface area contributed by atoms with E-state index in [9.17, 15) is 14.7 Å². The van der Waals surface area contributed by atoms with Gasteiger partial charge in [0.1, 0.15) is 0 Å². The molecule has 0 aliphatic heterocycles. The summed E-state index contributed by atoms with van der Waals surface area (Å²) in [5.74, 6) is -1.60. The molecular formula is C21H37NO4. The summed E-state index contributed by atoms with van der Waals surface area (Å²) in [6, 6.07) is 10.2. The van der Waals surface area contributed by atoms with Crippen LogP contribution in [0.15, 0.2) is 30.3 Å². The van der Waals surface area contributed by atoms with E-state index in [2.05, 4.69) is 31.7 Å². The molecule has 1 rings (SSSR count). The highest BCUT2D eigenvalue weighted by Crippen LogP contribution is 2.01. The van der Waals surface area contributed by atoms with Gasteiger partial charge in [-0.15, -0.1) is 0 Å². The van der Waals surface area contributed by atoms with Crippen molar-refractivity contribution in [2.75, 3.05) is 0 Å². The lowest BCUT2D eigenvalue weighted by Gasteiger charge is -1.99. The van der Waals surface area contributed by atoms with E-state index < -0.39 is 11.9 Å². The van der Waals surface area contributed by atoms with Crippen LogP contribution in [0.4, 0.5) is 0 Å². The van der Waals surface area contributed by atoms with E-state index in [1.165, 1.54) is 12.0 Å². The number of carboxylic acids is 2. The van der Waals surface area contributed by atoms with Crippen molar-refractivity contribution in [3.05, 3.63) is 35.9 Å². The third kappa shape index (κ3) is 24.4. The lowest BCUT2D eigenvalue weighted by molar-refractivity contribution is -0.386. The lowest BCUT2D eigenvalue weighted by Crippen LogP contribution is -2.47. The average Bonchev–Trinajstić information content (AvgIpc) is 2.64. The number of benzene rings is 1. The smallest absolute Gasteiger partial charge is 0.303 e. The van der Waals surface area contributed by atoms with Crippen LogP contribution in [0.5, 0.6) is 0 Å². The summed E-state index contributed by atoms with van der Waals surface area (Å²) in [6.45, 7) is 5.10. The number of carbonyl (C=O) groups excluding carboxylic acids is 1. The van der Waals surface area contributed by atoms with Crippen LogP contribution in [0, 0.1) is 0 Å². The SMILES string of the molecule is CCCCCCC(=O)O.CCCCCCC(=O)[O-].[NH3+]Cc1ccccc1. The van der Waals surface area contributed by atoms with E-state index in [-0.39, 0.29) is 6.42 Å². The number of rotatable bonds is 11. The zero-order valence-electron chi connectivity index (χ0n) is 16.5. The fourth-order valence-corrected chi connectivity index (χ4v) is 2.04. The Kier molecular flexibility index (Phi) is 21.4. The summed E-state index contributed by atoms with van der Waals surface area (Å²) < 4.78 is 0. The van der Waals surface area contributed by atoms with Gasteiger partial charge in [0.15, 0.2) is 0 Å². The zero-order chi connectivity index (χ0) is 20.0. The Hall–Kier alpha value is -1.88. The molecule has 0 unspecified atom stereocenters. The van der Waals surface area contributed by atoms with Crippen LogP contribution in [-0.4, -0.2) is 17.0 Å². The highest BCUT2D eigenvalue weighted by atomic mass is 16.4. The van der Waals surface area contributed by atoms with Crippen molar-refractivity contribution in [3.8, 4) is 0 Å². The number of quaternary nitrogens is 1. The number of carboxylic acid groups (broad SMARTS) is 2. The van der Waals surface area contributed by atoms with Crippen LogP contribution in [-0.2, 0) is 16.1 Å². The fraction of sp³-hybridized carbons (Fsp3) is 0.619. The third-order valence-corrected chi connectivity index (χ3v) is 3.61. The Labute approximate surface area is 158 Å².